The molecule has 0 spiro atoms. The van der Waals surface area contributed by atoms with E-state index in [1.807, 2.05) is 18.2 Å². The molecule has 0 bridgehead atoms. The van der Waals surface area contributed by atoms with Crippen molar-refractivity contribution in [2.75, 3.05) is 43.6 Å². The Morgan fingerprint density at radius 1 is 1.19 bits per heavy atom. The van der Waals surface area contributed by atoms with E-state index >= 15 is 0 Å². The summed E-state index contributed by atoms with van der Waals surface area (Å²) in [5.74, 6) is 3.45. The van der Waals surface area contributed by atoms with Crippen LogP contribution >= 0.6 is 23.5 Å². The molecule has 2 aliphatic rings. The molecule has 2 unspecified atom stereocenters. The number of carbonyl (C=O) groups is 1. The van der Waals surface area contributed by atoms with Crippen molar-refractivity contribution in [3.8, 4) is 5.75 Å². The molecule has 3 aromatic rings. The Kier molecular flexibility index (Phi) is 7.79. The number of halogens is 1. The van der Waals surface area contributed by atoms with Gasteiger partial charge in [0.25, 0.3) is 0 Å². The first-order chi connectivity index (χ1) is 17.5. The number of benzene rings is 2. The number of ether oxygens (including phenoxy) is 1. The molecule has 0 amide bonds. The van der Waals surface area contributed by atoms with Gasteiger partial charge >= 0.3 is 0 Å². The first kappa shape index (κ1) is 25.0. The second-order valence-corrected chi connectivity index (χ2v) is 11.8. The second-order valence-electron chi connectivity index (χ2n) is 9.07. The molecule has 36 heavy (non-hydrogen) atoms. The van der Waals surface area contributed by atoms with Crippen LogP contribution in [0.3, 0.4) is 0 Å². The summed E-state index contributed by atoms with van der Waals surface area (Å²) in [5.41, 5.74) is 2.74. The van der Waals surface area contributed by atoms with Gasteiger partial charge in [-0.3, -0.25) is 9.69 Å². The summed E-state index contributed by atoms with van der Waals surface area (Å²) in [6, 6.07) is 8.55. The predicted molar refractivity (Wildman–Crippen MR) is 147 cm³/mol. The summed E-state index contributed by atoms with van der Waals surface area (Å²) < 4.78 is 19.3. The van der Waals surface area contributed by atoms with Crippen molar-refractivity contribution in [1.29, 1.82) is 0 Å². The summed E-state index contributed by atoms with van der Waals surface area (Å²) in [6.07, 6.45) is 5.36. The molecule has 6 nitrogen and oxygen atoms in total. The van der Waals surface area contributed by atoms with E-state index in [0.29, 0.717) is 22.6 Å². The Hall–Kier alpha value is -2.62. The summed E-state index contributed by atoms with van der Waals surface area (Å²) in [5, 5.41) is 5.46. The molecule has 2 atom stereocenters. The number of anilines is 2. The fraction of sp³-hybridized carbons (Fsp3) is 0.370. The number of rotatable bonds is 8. The molecule has 2 aromatic carbocycles. The lowest BCUT2D eigenvalue weighted by Gasteiger charge is -2.22. The third-order valence-electron chi connectivity index (χ3n) is 6.53. The number of nitrogens with one attached hydrogen (secondary N) is 1. The van der Waals surface area contributed by atoms with Crippen molar-refractivity contribution in [1.82, 2.24) is 14.9 Å². The highest BCUT2D eigenvalue weighted by atomic mass is 32.2. The smallest absolute Gasteiger partial charge is 0.159 e. The minimum Gasteiger partial charge on any atom is -0.496 e. The lowest BCUT2D eigenvalue weighted by atomic mass is 10.0. The average molecular weight is 525 g/mol. The van der Waals surface area contributed by atoms with Crippen LogP contribution in [0.15, 0.2) is 48.8 Å². The number of fused-ring (bicyclic) bond motifs is 2. The van der Waals surface area contributed by atoms with Crippen LogP contribution in [-0.2, 0) is 11.2 Å². The van der Waals surface area contributed by atoms with Crippen molar-refractivity contribution >= 4 is 51.7 Å². The maximum absolute atomic E-state index is 13.7. The molecule has 2 fully saturated rings. The lowest BCUT2D eigenvalue weighted by Crippen LogP contribution is -2.23. The number of hydrogen-bond donors (Lipinski definition) is 1. The Bertz CT molecular complexity index is 1290. The molecular weight excluding hydrogens is 495 g/mol. The molecule has 2 saturated heterocycles. The maximum Gasteiger partial charge on any atom is 0.159 e. The van der Waals surface area contributed by atoms with Gasteiger partial charge in [-0.15, -0.1) is 0 Å². The third kappa shape index (κ3) is 5.68. The molecule has 0 aliphatic carbocycles. The lowest BCUT2D eigenvalue weighted by molar-refractivity contribution is -0.114. The molecule has 3 heterocycles. The standard InChI is InChI=1S/C27H29FN4O2S2/c1-17-10-19(5-6-22(17)28)31-27-21-12-18(24(34-2)13-23(21)29-16-30-27)11-20(33)4-3-7-32-14-25-26(15-32)36-9-8-35-25/h3-6,10,12-13,16,25-26H,7-9,11,14-15H2,1-2H3,(H,29,30,31)/b4-3+. The molecule has 1 aromatic heterocycles. The topological polar surface area (TPSA) is 67.4 Å². The van der Waals surface area contributed by atoms with Crippen molar-refractivity contribution in [3.63, 3.8) is 0 Å². The highest BCUT2D eigenvalue weighted by molar-refractivity contribution is 8.07. The minimum atomic E-state index is -0.257. The predicted octanol–water partition coefficient (Wildman–Crippen LogP) is 5.03. The fourth-order valence-corrected chi connectivity index (χ4v) is 7.76. The van der Waals surface area contributed by atoms with Crippen LogP contribution in [0.2, 0.25) is 0 Å². The number of allylic oxidation sites excluding steroid dienone is 1. The van der Waals surface area contributed by atoms with Crippen LogP contribution in [0.1, 0.15) is 11.1 Å². The minimum absolute atomic E-state index is 0.0218. The van der Waals surface area contributed by atoms with Crippen molar-refractivity contribution in [2.24, 2.45) is 0 Å². The number of hydrogen-bond acceptors (Lipinski definition) is 8. The highest BCUT2D eigenvalue weighted by Gasteiger charge is 2.34. The summed E-state index contributed by atoms with van der Waals surface area (Å²) in [7, 11) is 1.59. The quantitative estimate of drug-likeness (QED) is 0.412. The monoisotopic (exact) mass is 524 g/mol. The number of nitrogens with zero attached hydrogens (tertiary/aromatic N) is 3. The molecule has 0 saturated carbocycles. The SMILES string of the molecule is COc1cc2ncnc(Nc3ccc(F)c(C)c3)c2cc1CC(=O)/C=C/CN1CC2SCCSC2C1. The van der Waals surface area contributed by atoms with Gasteiger partial charge in [-0.2, -0.15) is 23.5 Å². The Morgan fingerprint density at radius 3 is 2.69 bits per heavy atom. The molecular formula is C27H29FN4O2S2. The van der Waals surface area contributed by atoms with Crippen LogP contribution in [0, 0.1) is 12.7 Å². The number of ketones is 1. The zero-order chi connectivity index (χ0) is 25.1. The van der Waals surface area contributed by atoms with Gasteiger partial charge in [0.1, 0.15) is 23.7 Å². The number of carbonyl (C=O) groups excluding carboxylic acids is 1. The Morgan fingerprint density at radius 2 is 1.97 bits per heavy atom. The van der Waals surface area contributed by atoms with Gasteiger partial charge in [0.05, 0.1) is 12.6 Å². The number of likely N-dealkylation sites (tertiary alicyclic amines) is 1. The van der Waals surface area contributed by atoms with Crippen molar-refractivity contribution in [2.45, 2.75) is 23.8 Å². The highest BCUT2D eigenvalue weighted by Crippen LogP contribution is 2.36. The van der Waals surface area contributed by atoms with Gasteiger partial charge in [-0.1, -0.05) is 6.08 Å². The van der Waals surface area contributed by atoms with E-state index in [2.05, 4.69) is 43.7 Å². The van der Waals surface area contributed by atoms with E-state index in [0.717, 1.165) is 46.8 Å². The third-order valence-corrected chi connectivity index (χ3v) is 9.65. The van der Waals surface area contributed by atoms with E-state index in [1.54, 1.807) is 32.2 Å². The molecule has 1 N–H and O–H groups in total. The number of thioether (sulfide) groups is 2. The first-order valence-corrected chi connectivity index (χ1v) is 14.1. The van der Waals surface area contributed by atoms with Crippen LogP contribution in [0.4, 0.5) is 15.9 Å². The van der Waals surface area contributed by atoms with Gasteiger partial charge in [0.2, 0.25) is 0 Å². The van der Waals surface area contributed by atoms with E-state index in [9.17, 15) is 9.18 Å². The van der Waals surface area contributed by atoms with E-state index in [-0.39, 0.29) is 18.0 Å². The number of aromatic nitrogens is 2. The molecule has 188 valence electrons. The maximum atomic E-state index is 13.7. The van der Waals surface area contributed by atoms with Gasteiger partial charge in [-0.05, 0) is 42.8 Å². The van der Waals surface area contributed by atoms with Gasteiger partial charge < -0.3 is 10.1 Å². The number of methoxy groups -OCH3 is 1. The molecule has 2 aliphatic heterocycles. The zero-order valence-corrected chi connectivity index (χ0v) is 22.0. The zero-order valence-electron chi connectivity index (χ0n) is 20.4. The Labute approximate surface area is 219 Å². The first-order valence-electron chi connectivity index (χ1n) is 12.0. The Balaban J connectivity index is 1.30. The van der Waals surface area contributed by atoms with Crippen LogP contribution in [0.5, 0.6) is 5.75 Å². The van der Waals surface area contributed by atoms with E-state index in [4.69, 9.17) is 4.74 Å². The largest absolute Gasteiger partial charge is 0.496 e. The molecule has 0 radical (unpaired) electrons. The van der Waals surface area contributed by atoms with E-state index < -0.39 is 0 Å². The van der Waals surface area contributed by atoms with Gasteiger partial charge in [0.15, 0.2) is 5.78 Å². The second kappa shape index (κ2) is 11.2. The van der Waals surface area contributed by atoms with Crippen LogP contribution < -0.4 is 10.1 Å². The van der Waals surface area contributed by atoms with Crippen LogP contribution in [-0.4, -0.2) is 69.4 Å². The summed E-state index contributed by atoms with van der Waals surface area (Å²) in [6.45, 7) is 4.72. The number of aryl methyl sites for hydroxylation is 1. The van der Waals surface area contributed by atoms with Gasteiger partial charge in [-0.25, -0.2) is 14.4 Å². The fourth-order valence-electron chi connectivity index (χ4n) is 4.68. The normalized spacial score (nSPS) is 20.1. The summed E-state index contributed by atoms with van der Waals surface area (Å²) in [4.78, 5) is 24.0. The average Bonchev–Trinajstić information content (AvgIpc) is 3.29. The van der Waals surface area contributed by atoms with Crippen molar-refractivity contribution < 1.29 is 13.9 Å². The van der Waals surface area contributed by atoms with Crippen molar-refractivity contribution in [3.05, 3.63) is 65.8 Å². The van der Waals surface area contributed by atoms with Gasteiger partial charge in [0, 0.05) is 70.8 Å². The molecule has 5 rings (SSSR count). The molecule has 9 heteroatoms. The van der Waals surface area contributed by atoms with E-state index in [1.165, 1.54) is 23.9 Å². The summed E-state index contributed by atoms with van der Waals surface area (Å²) >= 11 is 4.17. The van der Waals surface area contributed by atoms with Crippen LogP contribution in [0.25, 0.3) is 10.9 Å².